The summed E-state index contributed by atoms with van der Waals surface area (Å²) in [5.74, 6) is 1.07. The van der Waals surface area contributed by atoms with Gasteiger partial charge >= 0.3 is 0 Å². The number of aromatic nitrogens is 8. The second-order valence-corrected chi connectivity index (χ2v) is 11.7. The number of nitrogens with two attached hydrogens (primary N) is 1. The zero-order valence-corrected chi connectivity index (χ0v) is 25.3. The van der Waals surface area contributed by atoms with Crippen molar-refractivity contribution < 1.29 is 23.8 Å². The minimum atomic E-state index is -1.07. The minimum absolute atomic E-state index is 0.156. The lowest BCUT2D eigenvalue weighted by atomic mass is 9.92. The average Bonchev–Trinajstić information content (AvgIpc) is 3.71. The van der Waals surface area contributed by atoms with Crippen LogP contribution in [-0.4, -0.2) is 77.0 Å². The van der Waals surface area contributed by atoms with E-state index in [1.54, 1.807) is 11.6 Å². The highest BCUT2D eigenvalue weighted by molar-refractivity contribution is 14.1. The van der Waals surface area contributed by atoms with Crippen LogP contribution < -0.4 is 16.4 Å². The fraction of sp³-hybridized carbons (Fsp3) is 0.462. The molecule has 6 rings (SSSR count). The third-order valence-corrected chi connectivity index (χ3v) is 8.21. The molecule has 1 aromatic carbocycles. The van der Waals surface area contributed by atoms with E-state index < -0.39 is 24.5 Å². The van der Waals surface area contributed by atoms with Gasteiger partial charge in [-0.3, -0.25) is 14.2 Å². The highest BCUT2D eigenvalue weighted by Crippen LogP contribution is 2.42. The number of nitrogens with one attached hydrogen (secondary N) is 2. The molecule has 0 radical (unpaired) electrons. The third kappa shape index (κ3) is 6.23. The predicted octanol–water partition coefficient (Wildman–Crippen LogP) is 1.60. The Labute approximate surface area is 259 Å². The van der Waals surface area contributed by atoms with Gasteiger partial charge in [-0.15, -0.1) is 10.2 Å². The molecule has 1 saturated carbocycles. The molecular weight excluding hydrogens is 673 g/mol. The van der Waals surface area contributed by atoms with Crippen LogP contribution in [0.4, 0.5) is 11.8 Å². The Kier molecular flexibility index (Phi) is 8.61. The maximum absolute atomic E-state index is 11.6. The number of anilines is 2. The van der Waals surface area contributed by atoms with Crippen LogP contribution in [0.1, 0.15) is 49.4 Å². The molecule has 1 aliphatic carbocycles. The Balaban J connectivity index is 1.38. The van der Waals surface area contributed by atoms with Crippen LogP contribution >= 0.6 is 22.6 Å². The zero-order valence-electron chi connectivity index (χ0n) is 23.1. The number of hydrogen-bond donors (Lipinski definition) is 3. The number of ether oxygens (including phenoxy) is 3. The molecule has 2 fully saturated rings. The van der Waals surface area contributed by atoms with Crippen molar-refractivity contribution in [3.63, 3.8) is 0 Å². The monoisotopic (exact) mass is 703 g/mol. The number of fused-ring (bicyclic) bond motifs is 1. The van der Waals surface area contributed by atoms with E-state index in [1.807, 2.05) is 18.2 Å². The highest BCUT2D eigenvalue weighted by atomic mass is 127. The molecule has 16 nitrogen and oxygen atoms in total. The summed E-state index contributed by atoms with van der Waals surface area (Å²) >= 11 is 2.27. The van der Waals surface area contributed by atoms with Gasteiger partial charge in [0.25, 0.3) is 12.9 Å². The Morgan fingerprint density at radius 2 is 1.93 bits per heavy atom. The van der Waals surface area contributed by atoms with Gasteiger partial charge in [0, 0.05) is 22.2 Å². The topological polar surface area (TPSA) is 199 Å². The van der Waals surface area contributed by atoms with E-state index in [1.165, 1.54) is 11.1 Å². The molecule has 4 N–H and O–H groups in total. The Morgan fingerprint density at radius 1 is 1.14 bits per heavy atom. The Morgan fingerprint density at radius 3 is 2.65 bits per heavy atom. The quantitative estimate of drug-likeness (QED) is 0.150. The fourth-order valence-electron chi connectivity index (χ4n) is 5.48. The van der Waals surface area contributed by atoms with E-state index in [2.05, 4.69) is 59.7 Å². The summed E-state index contributed by atoms with van der Waals surface area (Å²) in [4.78, 5) is 38.5. The smallest absolute Gasteiger partial charge is 0.293 e. The van der Waals surface area contributed by atoms with Crippen molar-refractivity contribution in [3.8, 4) is 0 Å². The molecule has 1 saturated heterocycles. The van der Waals surface area contributed by atoms with Gasteiger partial charge in [-0.05, 0) is 71.2 Å². The number of benzene rings is 1. The van der Waals surface area contributed by atoms with Gasteiger partial charge in [0.05, 0.1) is 13.4 Å². The molecule has 17 heteroatoms. The summed E-state index contributed by atoms with van der Waals surface area (Å²) in [7, 11) is 1.59. The van der Waals surface area contributed by atoms with E-state index in [0.717, 1.165) is 34.8 Å². The maximum atomic E-state index is 11.6. The molecule has 4 aromatic rings. The number of tetrazole rings is 1. The Bertz CT molecular complexity index is 1590. The summed E-state index contributed by atoms with van der Waals surface area (Å²) in [6.45, 7) is 1.04. The number of carbonyl (C=O) groups is 2. The predicted molar refractivity (Wildman–Crippen MR) is 159 cm³/mol. The maximum Gasteiger partial charge on any atom is 0.293 e. The fourth-order valence-corrected chi connectivity index (χ4v) is 6.08. The zero-order chi connectivity index (χ0) is 29.9. The van der Waals surface area contributed by atoms with E-state index in [-0.39, 0.29) is 30.9 Å². The lowest BCUT2D eigenvalue weighted by Gasteiger charge is -2.27. The lowest BCUT2D eigenvalue weighted by molar-refractivity contribution is -0.151. The third-order valence-electron chi connectivity index (χ3n) is 7.54. The molecular formula is C26H30IN11O5. The number of aryl methyl sites for hydroxylation is 1. The molecule has 1 aliphatic heterocycles. The molecule has 4 atom stereocenters. The lowest BCUT2D eigenvalue weighted by Crippen LogP contribution is -2.34. The molecule has 4 heterocycles. The first-order valence-corrected chi connectivity index (χ1v) is 14.8. The number of carbonyl (C=O) groups excluding carboxylic acids is 2. The molecule has 0 unspecified atom stereocenters. The number of halogens is 1. The normalized spacial score (nSPS) is 25.4. The number of nitrogens with zero attached hydrogens (tertiary/aromatic N) is 8. The van der Waals surface area contributed by atoms with Crippen LogP contribution in [0.2, 0.25) is 0 Å². The van der Waals surface area contributed by atoms with Gasteiger partial charge < -0.3 is 30.6 Å². The Hall–Kier alpha value is -3.97. The van der Waals surface area contributed by atoms with E-state index in [0.29, 0.717) is 29.5 Å². The van der Waals surface area contributed by atoms with Crippen LogP contribution in [0.15, 0.2) is 30.6 Å². The van der Waals surface area contributed by atoms with Crippen molar-refractivity contribution >= 4 is 58.5 Å². The van der Waals surface area contributed by atoms with Gasteiger partial charge in [0.15, 0.2) is 41.5 Å². The molecule has 0 bridgehead atoms. The second kappa shape index (κ2) is 12.7. The molecule has 2 aliphatic rings. The average molecular weight is 704 g/mol. The van der Waals surface area contributed by atoms with Crippen molar-refractivity contribution in [1.29, 1.82) is 0 Å². The highest BCUT2D eigenvalue weighted by Gasteiger charge is 2.52. The van der Waals surface area contributed by atoms with Crippen LogP contribution in [-0.2, 0) is 37.4 Å². The standard InChI is InChI=1S/C26H30IN11O5/c1-37-35-23(34-36-37)20-19(41-12-39)21(42-13-40)25(43-20)38-11-30-18-22(29-10-14-3-2-4-15(27)9-14)32-26(33-24(18)38)31-17-7-5-16(28)6-8-17/h2-4,9,11-13,16-17,19-21,25H,5-8,10,28H2,1H3,(H2,29,31,32,33)/t16?,17?,19-,20-,21+,25+/m0/s1. The SMILES string of the molecule is Cn1nnc([C@H]2O[C@@H](n3cnc4c(NCc5cccc(I)c5)nc(NC5CCC(N)CC5)nc43)[C@H](OC=O)[C@H]2OC=O)n1. The number of rotatable bonds is 11. The van der Waals surface area contributed by atoms with Crippen molar-refractivity contribution in [2.45, 2.75) is 68.9 Å². The van der Waals surface area contributed by atoms with Crippen molar-refractivity contribution in [1.82, 2.24) is 39.7 Å². The van der Waals surface area contributed by atoms with Crippen LogP contribution in [0.5, 0.6) is 0 Å². The van der Waals surface area contributed by atoms with Crippen molar-refractivity contribution in [2.75, 3.05) is 10.6 Å². The van der Waals surface area contributed by atoms with Crippen molar-refractivity contribution in [3.05, 3.63) is 45.6 Å². The van der Waals surface area contributed by atoms with Gasteiger partial charge in [-0.1, -0.05) is 12.1 Å². The molecule has 0 spiro atoms. The molecule has 43 heavy (non-hydrogen) atoms. The first-order chi connectivity index (χ1) is 20.9. The summed E-state index contributed by atoms with van der Waals surface area (Å²) in [6, 6.07) is 8.48. The first-order valence-electron chi connectivity index (χ1n) is 13.8. The van der Waals surface area contributed by atoms with Gasteiger partial charge in [0.1, 0.15) is 0 Å². The largest absolute Gasteiger partial charge is 0.457 e. The second-order valence-electron chi connectivity index (χ2n) is 10.4. The van der Waals surface area contributed by atoms with Crippen LogP contribution in [0.25, 0.3) is 11.2 Å². The van der Waals surface area contributed by atoms with Gasteiger partial charge in [-0.2, -0.15) is 14.8 Å². The van der Waals surface area contributed by atoms with E-state index in [4.69, 9.17) is 29.9 Å². The summed E-state index contributed by atoms with van der Waals surface area (Å²) in [5.41, 5.74) is 8.08. The van der Waals surface area contributed by atoms with Crippen LogP contribution in [0, 0.1) is 3.57 Å². The number of hydrogen-bond acceptors (Lipinski definition) is 14. The minimum Gasteiger partial charge on any atom is -0.457 e. The van der Waals surface area contributed by atoms with Crippen molar-refractivity contribution in [2.24, 2.45) is 12.8 Å². The summed E-state index contributed by atoms with van der Waals surface area (Å²) < 4.78 is 19.8. The summed E-state index contributed by atoms with van der Waals surface area (Å²) in [5, 5.41) is 18.9. The van der Waals surface area contributed by atoms with E-state index in [9.17, 15) is 9.59 Å². The van der Waals surface area contributed by atoms with E-state index >= 15 is 0 Å². The molecule has 226 valence electrons. The molecule has 0 amide bonds. The summed E-state index contributed by atoms with van der Waals surface area (Å²) in [6.07, 6.45) is 1.04. The van der Waals surface area contributed by atoms with Gasteiger partial charge in [-0.25, -0.2) is 4.98 Å². The first kappa shape index (κ1) is 29.1. The van der Waals surface area contributed by atoms with Gasteiger partial charge in [0.2, 0.25) is 11.8 Å². The molecule has 3 aromatic heterocycles. The van der Waals surface area contributed by atoms with Crippen LogP contribution in [0.3, 0.4) is 0 Å². The number of imidazole rings is 1.